The van der Waals surface area contributed by atoms with Gasteiger partial charge in [0.1, 0.15) is 12.4 Å². The lowest BCUT2D eigenvalue weighted by Gasteiger charge is -2.07. The minimum absolute atomic E-state index is 0.0368. The third-order valence-corrected chi connectivity index (χ3v) is 3.00. The van der Waals surface area contributed by atoms with Gasteiger partial charge in [-0.05, 0) is 24.3 Å². The fraction of sp³-hybridized carbons (Fsp3) is 0.0769. The highest BCUT2D eigenvalue weighted by molar-refractivity contribution is 9.10. The Morgan fingerprint density at radius 1 is 1.37 bits per heavy atom. The Kier molecular flexibility index (Phi) is 4.11. The normalized spacial score (nSPS) is 10.2. The minimum atomic E-state index is -0.608. The number of hydrogen-bond acceptors (Lipinski definition) is 2. The first-order valence-electron chi connectivity index (χ1n) is 5.48. The minimum Gasteiger partial charge on any atom is -0.618 e. The average Bonchev–Trinajstić information content (AvgIpc) is 2.40. The van der Waals surface area contributed by atoms with Crippen molar-refractivity contribution in [3.8, 4) is 0 Å². The van der Waals surface area contributed by atoms with Crippen LogP contribution in [0.25, 0.3) is 0 Å². The van der Waals surface area contributed by atoms with E-state index in [-0.39, 0.29) is 12.1 Å². The highest BCUT2D eigenvalue weighted by Crippen LogP contribution is 2.15. The highest BCUT2D eigenvalue weighted by atomic mass is 79.9. The first-order chi connectivity index (χ1) is 9.08. The largest absolute Gasteiger partial charge is 0.618 e. The van der Waals surface area contributed by atoms with Crippen molar-refractivity contribution in [2.24, 2.45) is 0 Å². The zero-order chi connectivity index (χ0) is 13.8. The van der Waals surface area contributed by atoms with Gasteiger partial charge in [-0.25, -0.2) is 4.39 Å². The third-order valence-electron chi connectivity index (χ3n) is 2.51. The maximum Gasteiger partial charge on any atom is 0.254 e. The van der Waals surface area contributed by atoms with E-state index < -0.39 is 11.7 Å². The summed E-state index contributed by atoms with van der Waals surface area (Å²) in [4.78, 5) is 11.8. The number of nitrogens with zero attached hydrogens (tertiary/aromatic N) is 1. The zero-order valence-electron chi connectivity index (χ0n) is 9.77. The van der Waals surface area contributed by atoms with Gasteiger partial charge >= 0.3 is 0 Å². The van der Waals surface area contributed by atoms with Gasteiger partial charge in [0, 0.05) is 16.6 Å². The third kappa shape index (κ3) is 3.29. The molecule has 0 aliphatic heterocycles. The number of hydrogen-bond donors (Lipinski definition) is 1. The Bertz CT molecular complexity index is 619. The molecule has 2 rings (SSSR count). The lowest BCUT2D eigenvalue weighted by molar-refractivity contribution is -0.614. The van der Waals surface area contributed by atoms with E-state index in [1.54, 1.807) is 18.2 Å². The van der Waals surface area contributed by atoms with Crippen molar-refractivity contribution in [2.75, 3.05) is 0 Å². The number of halogens is 2. The van der Waals surface area contributed by atoms with Crippen LogP contribution in [-0.2, 0) is 6.54 Å². The van der Waals surface area contributed by atoms with Crippen LogP contribution in [-0.4, -0.2) is 5.91 Å². The molecule has 0 radical (unpaired) electrons. The van der Waals surface area contributed by atoms with E-state index in [9.17, 15) is 14.4 Å². The number of nitrogens with one attached hydrogen (secondary N) is 1. The molecule has 1 heterocycles. The van der Waals surface area contributed by atoms with E-state index in [1.165, 1.54) is 24.4 Å². The van der Waals surface area contributed by atoms with Crippen LogP contribution < -0.4 is 10.0 Å². The molecule has 2 aromatic rings. The predicted octanol–water partition coefficient (Wildman–Crippen LogP) is 2.15. The number of amides is 1. The molecule has 0 bridgehead atoms. The van der Waals surface area contributed by atoms with Crippen LogP contribution in [0.15, 0.2) is 47.1 Å². The second kappa shape index (κ2) is 5.79. The van der Waals surface area contributed by atoms with Crippen LogP contribution in [0.1, 0.15) is 16.1 Å². The second-order valence-corrected chi connectivity index (χ2v) is 4.74. The van der Waals surface area contributed by atoms with E-state index in [2.05, 4.69) is 21.2 Å². The van der Waals surface area contributed by atoms with Gasteiger partial charge in [0.05, 0.1) is 5.56 Å². The lowest BCUT2D eigenvalue weighted by atomic mass is 10.2. The molecule has 6 heteroatoms. The molecule has 19 heavy (non-hydrogen) atoms. The molecule has 0 aliphatic rings. The number of pyridine rings is 1. The predicted molar refractivity (Wildman–Crippen MR) is 70.7 cm³/mol. The molecule has 1 amide bonds. The summed E-state index contributed by atoms with van der Waals surface area (Å²) in [5.41, 5.74) is 0.314. The van der Waals surface area contributed by atoms with Gasteiger partial charge in [0.25, 0.3) is 5.91 Å². The van der Waals surface area contributed by atoms with E-state index in [0.717, 1.165) is 0 Å². The Balaban J connectivity index is 2.10. The quantitative estimate of drug-likeness (QED) is 0.694. The number of aromatic nitrogens is 1. The summed E-state index contributed by atoms with van der Waals surface area (Å²) in [5, 5.41) is 13.9. The van der Waals surface area contributed by atoms with Crippen molar-refractivity contribution < 1.29 is 13.9 Å². The Labute approximate surface area is 117 Å². The first kappa shape index (κ1) is 13.5. The number of carbonyl (C=O) groups is 1. The molecule has 0 unspecified atom stereocenters. The zero-order valence-corrected chi connectivity index (χ0v) is 11.4. The molecule has 0 saturated heterocycles. The highest BCUT2D eigenvalue weighted by Gasteiger charge is 2.13. The van der Waals surface area contributed by atoms with Gasteiger partial charge in [-0.15, -0.1) is 0 Å². The van der Waals surface area contributed by atoms with Crippen molar-refractivity contribution in [3.05, 3.63) is 69.3 Å². The van der Waals surface area contributed by atoms with Gasteiger partial charge in [-0.1, -0.05) is 15.9 Å². The molecule has 98 valence electrons. The number of benzene rings is 1. The van der Waals surface area contributed by atoms with Crippen molar-refractivity contribution in [2.45, 2.75) is 6.54 Å². The fourth-order valence-electron chi connectivity index (χ4n) is 1.54. The monoisotopic (exact) mass is 324 g/mol. The molecule has 0 spiro atoms. The lowest BCUT2D eigenvalue weighted by Crippen LogP contribution is -2.35. The van der Waals surface area contributed by atoms with Crippen molar-refractivity contribution in [1.29, 1.82) is 0 Å². The molecule has 0 aliphatic carbocycles. The molecule has 1 aromatic heterocycles. The Morgan fingerprint density at radius 3 is 2.89 bits per heavy atom. The molecule has 4 nitrogen and oxygen atoms in total. The van der Waals surface area contributed by atoms with Crippen LogP contribution >= 0.6 is 15.9 Å². The molecule has 1 aromatic carbocycles. The van der Waals surface area contributed by atoms with E-state index >= 15 is 0 Å². The number of carbonyl (C=O) groups excluding carboxylic acids is 1. The van der Waals surface area contributed by atoms with Gasteiger partial charge in [-0.3, -0.25) is 4.79 Å². The average molecular weight is 325 g/mol. The van der Waals surface area contributed by atoms with Crippen LogP contribution in [0.3, 0.4) is 0 Å². The Morgan fingerprint density at radius 2 is 2.16 bits per heavy atom. The number of rotatable bonds is 3. The summed E-state index contributed by atoms with van der Waals surface area (Å²) in [6.45, 7) is 0.0368. The van der Waals surface area contributed by atoms with Gasteiger partial charge in [0.15, 0.2) is 6.20 Å². The molecule has 1 N–H and O–H groups in total. The molecular formula is C13H10BrFN2O2. The SMILES string of the molecule is O=C(NCc1cccc[n+]1[O-])c1cc(Br)ccc1F. The summed E-state index contributed by atoms with van der Waals surface area (Å²) < 4.78 is 14.7. The van der Waals surface area contributed by atoms with E-state index in [4.69, 9.17) is 0 Å². The maximum absolute atomic E-state index is 13.5. The molecule has 0 fully saturated rings. The van der Waals surface area contributed by atoms with Crippen LogP contribution in [0, 0.1) is 11.0 Å². The van der Waals surface area contributed by atoms with Crippen molar-refractivity contribution >= 4 is 21.8 Å². The molecular weight excluding hydrogens is 315 g/mol. The molecule has 0 saturated carbocycles. The summed E-state index contributed by atoms with van der Waals surface area (Å²) >= 11 is 3.17. The van der Waals surface area contributed by atoms with Crippen molar-refractivity contribution in [1.82, 2.24) is 5.32 Å². The van der Waals surface area contributed by atoms with E-state index in [0.29, 0.717) is 14.9 Å². The van der Waals surface area contributed by atoms with E-state index in [1.807, 2.05) is 0 Å². The van der Waals surface area contributed by atoms with Gasteiger partial charge in [0.2, 0.25) is 5.69 Å². The van der Waals surface area contributed by atoms with Crippen LogP contribution in [0.2, 0.25) is 0 Å². The van der Waals surface area contributed by atoms with Crippen LogP contribution in [0.4, 0.5) is 4.39 Å². The summed E-state index contributed by atoms with van der Waals surface area (Å²) in [7, 11) is 0. The Hall–Kier alpha value is -1.95. The summed E-state index contributed by atoms with van der Waals surface area (Å²) in [5.74, 6) is -1.17. The smallest absolute Gasteiger partial charge is 0.254 e. The summed E-state index contributed by atoms with van der Waals surface area (Å²) in [6.07, 6.45) is 1.33. The molecule has 0 atom stereocenters. The van der Waals surface area contributed by atoms with Gasteiger partial charge < -0.3 is 10.5 Å². The first-order valence-corrected chi connectivity index (χ1v) is 6.27. The fourth-order valence-corrected chi connectivity index (χ4v) is 1.90. The van der Waals surface area contributed by atoms with Crippen LogP contribution in [0.5, 0.6) is 0 Å². The summed E-state index contributed by atoms with van der Waals surface area (Å²) in [6, 6.07) is 8.97. The second-order valence-electron chi connectivity index (χ2n) is 3.82. The van der Waals surface area contributed by atoms with Crippen molar-refractivity contribution in [3.63, 3.8) is 0 Å². The maximum atomic E-state index is 13.5. The topological polar surface area (TPSA) is 56.0 Å². The van der Waals surface area contributed by atoms with Gasteiger partial charge in [-0.2, -0.15) is 4.73 Å². The standard InChI is InChI=1S/C13H10BrFN2O2/c14-9-4-5-12(15)11(7-9)13(18)16-8-10-3-1-2-6-17(10)19/h1-7H,8H2,(H,16,18).